The molecular weight excluding hydrogens is 540 g/mol. The molecule has 0 saturated carbocycles. The molecule has 2 aromatic carbocycles. The Kier molecular flexibility index (Phi) is 7.30. The minimum atomic E-state index is -4.51. The molecule has 0 unspecified atom stereocenters. The molecule has 5 rings (SSSR count). The van der Waals surface area contributed by atoms with Crippen molar-refractivity contribution in [1.29, 1.82) is 0 Å². The summed E-state index contributed by atoms with van der Waals surface area (Å²) < 4.78 is 41.1. The summed E-state index contributed by atoms with van der Waals surface area (Å²) in [6, 6.07) is 10.9. The number of alkyl halides is 3. The lowest BCUT2D eigenvalue weighted by molar-refractivity contribution is -0.137. The first-order chi connectivity index (χ1) is 18.1. The second-order valence-corrected chi connectivity index (χ2v) is 10.1. The lowest BCUT2D eigenvalue weighted by atomic mass is 10.1. The second-order valence-electron chi connectivity index (χ2n) is 9.25. The summed E-state index contributed by atoms with van der Waals surface area (Å²) in [6.45, 7) is 3.90. The van der Waals surface area contributed by atoms with E-state index in [1.807, 2.05) is 28.9 Å². The number of H-pyrrole nitrogens is 1. The summed E-state index contributed by atoms with van der Waals surface area (Å²) >= 11 is 12.3. The molecule has 7 nitrogen and oxygen atoms in total. The van der Waals surface area contributed by atoms with Gasteiger partial charge in [0.15, 0.2) is 0 Å². The highest BCUT2D eigenvalue weighted by atomic mass is 35.5. The molecule has 3 N–H and O–H groups in total. The van der Waals surface area contributed by atoms with Crippen LogP contribution in [-0.4, -0.2) is 45.7 Å². The number of rotatable bonds is 6. The molecule has 0 radical (unpaired) electrons. The van der Waals surface area contributed by atoms with Crippen molar-refractivity contribution in [2.75, 3.05) is 34.8 Å². The number of nitrogens with zero attached hydrogens (tertiary/aromatic N) is 4. The first kappa shape index (κ1) is 26.4. The third-order valence-corrected chi connectivity index (χ3v) is 7.09. The second kappa shape index (κ2) is 10.5. The van der Waals surface area contributed by atoms with Gasteiger partial charge in [-0.3, -0.25) is 0 Å². The molecule has 0 spiro atoms. The molecule has 0 aliphatic carbocycles. The molecule has 38 heavy (non-hydrogen) atoms. The van der Waals surface area contributed by atoms with Crippen LogP contribution in [-0.2, 0) is 19.3 Å². The fraction of sp³-hybridized carbons (Fsp3) is 0.308. The van der Waals surface area contributed by atoms with Gasteiger partial charge in [0.05, 0.1) is 28.4 Å². The number of pyridine rings is 1. The van der Waals surface area contributed by atoms with Crippen LogP contribution in [0.1, 0.15) is 23.6 Å². The smallest absolute Gasteiger partial charge is 0.392 e. The van der Waals surface area contributed by atoms with Crippen molar-refractivity contribution in [3.8, 4) is 0 Å². The fourth-order valence-corrected chi connectivity index (χ4v) is 5.03. The van der Waals surface area contributed by atoms with Crippen LogP contribution in [0.4, 0.5) is 30.6 Å². The van der Waals surface area contributed by atoms with Crippen molar-refractivity contribution in [3.05, 3.63) is 75.4 Å². The maximum absolute atomic E-state index is 13.7. The first-order valence-corrected chi connectivity index (χ1v) is 12.7. The highest BCUT2D eigenvalue weighted by Crippen LogP contribution is 2.36. The number of aliphatic hydroxyl groups excluding tert-OH is 1. The Morgan fingerprint density at radius 1 is 1.11 bits per heavy atom. The van der Waals surface area contributed by atoms with Crippen LogP contribution in [0.2, 0.25) is 10.0 Å². The van der Waals surface area contributed by atoms with E-state index in [0.29, 0.717) is 70.3 Å². The van der Waals surface area contributed by atoms with E-state index in [1.54, 1.807) is 24.4 Å². The number of nitrogens with one attached hydrogen (secondary N) is 2. The van der Waals surface area contributed by atoms with Gasteiger partial charge in [-0.25, -0.2) is 9.97 Å². The van der Waals surface area contributed by atoms with E-state index in [9.17, 15) is 18.3 Å². The maximum Gasteiger partial charge on any atom is 0.416 e. The molecule has 1 fully saturated rings. The fourth-order valence-electron chi connectivity index (χ4n) is 4.59. The zero-order valence-electron chi connectivity index (χ0n) is 20.4. The van der Waals surface area contributed by atoms with Gasteiger partial charge < -0.3 is 25.2 Å². The minimum Gasteiger partial charge on any atom is -0.392 e. The Hall–Kier alpha value is -3.21. The predicted octanol–water partition coefficient (Wildman–Crippen LogP) is 6.10. The number of hydrogen-bond donors (Lipinski definition) is 3. The molecule has 4 aromatic rings. The predicted molar refractivity (Wildman–Crippen MR) is 144 cm³/mol. The van der Waals surface area contributed by atoms with E-state index in [1.165, 1.54) is 0 Å². The Morgan fingerprint density at radius 3 is 2.53 bits per heavy atom. The summed E-state index contributed by atoms with van der Waals surface area (Å²) in [6.07, 6.45) is -2.92. The van der Waals surface area contributed by atoms with Crippen molar-refractivity contribution < 1.29 is 18.3 Å². The lowest BCUT2D eigenvalue weighted by Gasteiger charge is -2.40. The van der Waals surface area contributed by atoms with Crippen molar-refractivity contribution in [2.24, 2.45) is 0 Å². The van der Waals surface area contributed by atoms with Crippen LogP contribution < -0.4 is 15.1 Å². The quantitative estimate of drug-likeness (QED) is 0.262. The molecule has 200 valence electrons. The zero-order chi connectivity index (χ0) is 27.0. The highest BCUT2D eigenvalue weighted by Gasteiger charge is 2.33. The third-order valence-electron chi connectivity index (χ3n) is 6.56. The first-order valence-electron chi connectivity index (χ1n) is 12.0. The Bertz CT molecular complexity index is 1440. The molecule has 12 heteroatoms. The number of benzene rings is 2. The van der Waals surface area contributed by atoms with Crippen molar-refractivity contribution in [3.63, 3.8) is 0 Å². The van der Waals surface area contributed by atoms with Gasteiger partial charge in [-0.15, -0.1) is 0 Å². The molecule has 2 aromatic heterocycles. The average molecular weight is 565 g/mol. The summed E-state index contributed by atoms with van der Waals surface area (Å²) in [4.78, 5) is 16.3. The van der Waals surface area contributed by atoms with Crippen LogP contribution >= 0.6 is 23.2 Å². The largest absolute Gasteiger partial charge is 0.416 e. The van der Waals surface area contributed by atoms with E-state index in [0.717, 1.165) is 17.7 Å². The average Bonchev–Trinajstić information content (AvgIpc) is 3.31. The number of aromatic nitrogens is 3. The van der Waals surface area contributed by atoms with Crippen LogP contribution in [0.5, 0.6) is 0 Å². The van der Waals surface area contributed by atoms with Gasteiger partial charge >= 0.3 is 6.18 Å². The molecule has 3 heterocycles. The summed E-state index contributed by atoms with van der Waals surface area (Å²) in [5.74, 6) is 1.12. The van der Waals surface area contributed by atoms with Gasteiger partial charge in [-0.1, -0.05) is 35.3 Å². The number of halogens is 5. The Balaban J connectivity index is 1.41. The molecule has 1 aliphatic rings. The maximum atomic E-state index is 13.7. The van der Waals surface area contributed by atoms with Crippen molar-refractivity contribution in [2.45, 2.75) is 32.3 Å². The monoisotopic (exact) mass is 564 g/mol. The molecule has 0 amide bonds. The van der Waals surface area contributed by atoms with Gasteiger partial charge in [0.1, 0.15) is 11.3 Å². The van der Waals surface area contributed by atoms with E-state index < -0.39 is 11.7 Å². The third kappa shape index (κ3) is 5.48. The summed E-state index contributed by atoms with van der Waals surface area (Å²) in [5, 5.41) is 13.5. The number of hydrogen-bond acceptors (Lipinski definition) is 6. The van der Waals surface area contributed by atoms with Crippen molar-refractivity contribution >= 4 is 51.7 Å². The Morgan fingerprint density at radius 2 is 1.87 bits per heavy atom. The number of aromatic amines is 1. The lowest BCUT2D eigenvalue weighted by Crippen LogP contribution is -2.52. The minimum absolute atomic E-state index is 0.0349. The molecule has 1 aliphatic heterocycles. The van der Waals surface area contributed by atoms with Gasteiger partial charge in [0, 0.05) is 43.4 Å². The SMILES string of the molecule is C[C@@H]1CN(c2ncc(CO)cc2Cl)CCN1c1nc2c(NCc3ccc(Cl)cc3)cc(C(F)(F)F)cc2[nH]1. The number of imidazole rings is 1. The van der Waals surface area contributed by atoms with Crippen LogP contribution in [0.3, 0.4) is 0 Å². The number of aliphatic hydroxyl groups is 1. The molecule has 0 bridgehead atoms. The standard InChI is InChI=1S/C26H25Cl2F3N6O/c1-15-13-36(24-20(28)8-17(14-38)12-33-24)6-7-37(15)25-34-22-10-18(26(29,30)31)9-21(23(22)35-25)32-11-16-2-4-19(27)5-3-16/h2-5,8-10,12,15,32,38H,6-7,11,13-14H2,1H3,(H,34,35)/t15-/m1/s1. The van der Waals surface area contributed by atoms with Crippen LogP contribution in [0.25, 0.3) is 11.0 Å². The topological polar surface area (TPSA) is 80.3 Å². The van der Waals surface area contributed by atoms with Gasteiger partial charge in [0.25, 0.3) is 0 Å². The summed E-state index contributed by atoms with van der Waals surface area (Å²) in [7, 11) is 0. The molecular formula is C26H25Cl2F3N6O. The van der Waals surface area contributed by atoms with E-state index in [2.05, 4.69) is 15.3 Å². The Labute approximate surface area is 227 Å². The van der Waals surface area contributed by atoms with Gasteiger partial charge in [-0.05, 0) is 48.4 Å². The number of piperazine rings is 1. The highest BCUT2D eigenvalue weighted by molar-refractivity contribution is 6.33. The van der Waals surface area contributed by atoms with Crippen LogP contribution in [0.15, 0.2) is 48.7 Å². The normalized spacial score (nSPS) is 16.3. The molecule has 1 atom stereocenters. The van der Waals surface area contributed by atoms with Crippen molar-refractivity contribution in [1.82, 2.24) is 15.0 Å². The van der Waals surface area contributed by atoms with Gasteiger partial charge in [-0.2, -0.15) is 13.2 Å². The summed E-state index contributed by atoms with van der Waals surface area (Å²) in [5.41, 5.74) is 1.77. The number of fused-ring (bicyclic) bond motifs is 1. The molecule has 1 saturated heterocycles. The zero-order valence-corrected chi connectivity index (χ0v) is 21.9. The van der Waals surface area contributed by atoms with E-state index in [4.69, 9.17) is 28.2 Å². The van der Waals surface area contributed by atoms with E-state index >= 15 is 0 Å². The van der Waals surface area contributed by atoms with Gasteiger partial charge in [0.2, 0.25) is 5.95 Å². The van der Waals surface area contributed by atoms with Crippen LogP contribution in [0, 0.1) is 0 Å². The van der Waals surface area contributed by atoms with E-state index in [-0.39, 0.29) is 12.6 Å². The number of anilines is 3.